The molecule has 0 unspecified atom stereocenters. The van der Waals surface area contributed by atoms with Crippen molar-refractivity contribution in [3.8, 4) is 0 Å². The van der Waals surface area contributed by atoms with Crippen LogP contribution < -0.4 is 0 Å². The summed E-state index contributed by atoms with van der Waals surface area (Å²) in [6.07, 6.45) is 18.1. The first-order valence-electron chi connectivity index (χ1n) is 6.41. The molecule has 0 bridgehead atoms. The second kappa shape index (κ2) is 7.11. The van der Waals surface area contributed by atoms with E-state index in [0.717, 1.165) is 25.7 Å². The molecule has 87 valence electrons. The molecule has 0 saturated carbocycles. The molecule has 1 aromatic carbocycles. The van der Waals surface area contributed by atoms with Gasteiger partial charge >= 0.3 is 0 Å². The van der Waals surface area contributed by atoms with E-state index >= 15 is 0 Å². The van der Waals surface area contributed by atoms with Gasteiger partial charge in [-0.3, -0.25) is 0 Å². The Balaban J connectivity index is 1.81. The van der Waals surface area contributed by atoms with Crippen molar-refractivity contribution in [2.24, 2.45) is 0 Å². The van der Waals surface area contributed by atoms with E-state index in [4.69, 9.17) is 0 Å². The Labute approximate surface area is 105 Å². The van der Waals surface area contributed by atoms with Crippen molar-refractivity contribution < 1.29 is 0 Å². The first-order chi connectivity index (χ1) is 8.45. The van der Waals surface area contributed by atoms with Crippen molar-refractivity contribution in [2.75, 3.05) is 0 Å². The van der Waals surface area contributed by atoms with E-state index < -0.39 is 0 Å². The summed E-state index contributed by atoms with van der Waals surface area (Å²) in [5.41, 5.74) is 1.35. The van der Waals surface area contributed by atoms with Gasteiger partial charge in [0.25, 0.3) is 0 Å². The molecule has 0 aromatic heterocycles. The van der Waals surface area contributed by atoms with Gasteiger partial charge in [-0.2, -0.15) is 0 Å². The van der Waals surface area contributed by atoms with Gasteiger partial charge in [-0.25, -0.2) is 0 Å². The molecule has 0 heterocycles. The van der Waals surface area contributed by atoms with Crippen LogP contribution in [-0.4, -0.2) is 0 Å². The summed E-state index contributed by atoms with van der Waals surface area (Å²) in [4.78, 5) is 0. The fourth-order valence-electron chi connectivity index (χ4n) is 1.98. The molecule has 3 radical (unpaired) electrons. The molecule has 0 spiro atoms. The Morgan fingerprint density at radius 2 is 1.82 bits per heavy atom. The Hall–Kier alpha value is -1.30. The lowest BCUT2D eigenvalue weighted by atomic mass is 9.93. The van der Waals surface area contributed by atoms with Gasteiger partial charge in [0, 0.05) is 5.92 Å². The zero-order chi connectivity index (χ0) is 11.8. The van der Waals surface area contributed by atoms with E-state index in [1.807, 2.05) is 0 Å². The zero-order valence-electron chi connectivity index (χ0n) is 10.2. The van der Waals surface area contributed by atoms with Gasteiger partial charge in [-0.15, -0.1) is 0 Å². The highest BCUT2D eigenvalue weighted by atomic mass is 14.1. The fourth-order valence-corrected chi connectivity index (χ4v) is 1.98. The molecule has 1 aromatic rings. The molecule has 1 aliphatic carbocycles. The van der Waals surface area contributed by atoms with Gasteiger partial charge in [0.15, 0.2) is 0 Å². The largest absolute Gasteiger partial charge is 0.0885 e. The summed E-state index contributed by atoms with van der Waals surface area (Å²) < 4.78 is 0. The van der Waals surface area contributed by atoms with Crippen molar-refractivity contribution in [1.82, 2.24) is 0 Å². The molecule has 2 rings (SSSR count). The average Bonchev–Trinajstić information content (AvgIpc) is 2.33. The SMILES string of the molecule is [C](=CCc1ccccc1)[C]1[CH]CC/C=C\CC1. The van der Waals surface area contributed by atoms with Crippen LogP contribution in [0.1, 0.15) is 31.2 Å². The van der Waals surface area contributed by atoms with Crippen LogP contribution in [0.25, 0.3) is 0 Å². The van der Waals surface area contributed by atoms with Crippen LogP contribution in [0.2, 0.25) is 0 Å². The first-order valence-corrected chi connectivity index (χ1v) is 6.41. The molecule has 0 aliphatic heterocycles. The summed E-state index contributed by atoms with van der Waals surface area (Å²) in [7, 11) is 0. The van der Waals surface area contributed by atoms with Gasteiger partial charge in [-0.1, -0.05) is 48.6 Å². The molecule has 0 saturated heterocycles. The molecule has 0 heteroatoms. The Morgan fingerprint density at radius 1 is 1.00 bits per heavy atom. The van der Waals surface area contributed by atoms with E-state index in [9.17, 15) is 0 Å². The molecular formula is C17H19. The van der Waals surface area contributed by atoms with Gasteiger partial charge in [0.1, 0.15) is 0 Å². The third-order valence-electron chi connectivity index (χ3n) is 2.94. The maximum absolute atomic E-state index is 3.44. The van der Waals surface area contributed by atoms with Crippen LogP contribution in [0, 0.1) is 18.4 Å². The fraction of sp³-hybridized carbons (Fsp3) is 0.294. The molecule has 1 aliphatic rings. The monoisotopic (exact) mass is 223 g/mol. The minimum absolute atomic E-state index is 0.980. The highest BCUT2D eigenvalue weighted by molar-refractivity contribution is 5.20. The molecule has 0 nitrogen and oxygen atoms in total. The lowest BCUT2D eigenvalue weighted by Crippen LogP contribution is -1.97. The number of allylic oxidation sites excluding steroid dienone is 4. The van der Waals surface area contributed by atoms with E-state index in [-0.39, 0.29) is 0 Å². The number of hydrogen-bond donors (Lipinski definition) is 0. The summed E-state index contributed by atoms with van der Waals surface area (Å²) >= 11 is 0. The van der Waals surface area contributed by atoms with Crippen LogP contribution >= 0.6 is 0 Å². The highest BCUT2D eigenvalue weighted by Gasteiger charge is 2.06. The third-order valence-corrected chi connectivity index (χ3v) is 2.94. The maximum Gasteiger partial charge on any atom is 0.00867 e. The number of benzene rings is 1. The zero-order valence-corrected chi connectivity index (χ0v) is 10.2. The normalized spacial score (nSPS) is 20.0. The topological polar surface area (TPSA) is 0 Å². The Bertz CT molecular complexity index is 359. The van der Waals surface area contributed by atoms with E-state index in [0.29, 0.717) is 0 Å². The molecule has 17 heavy (non-hydrogen) atoms. The van der Waals surface area contributed by atoms with Crippen molar-refractivity contribution >= 4 is 0 Å². The van der Waals surface area contributed by atoms with Crippen molar-refractivity contribution in [1.29, 1.82) is 0 Å². The third kappa shape index (κ3) is 4.60. The van der Waals surface area contributed by atoms with Crippen molar-refractivity contribution in [3.05, 3.63) is 72.5 Å². The Kier molecular flexibility index (Phi) is 5.09. The quantitative estimate of drug-likeness (QED) is 0.662. The van der Waals surface area contributed by atoms with Crippen molar-refractivity contribution in [3.63, 3.8) is 0 Å². The molecular weight excluding hydrogens is 204 g/mol. The summed E-state index contributed by atoms with van der Waals surface area (Å²) in [5.74, 6) is 1.37. The second-order valence-corrected chi connectivity index (χ2v) is 4.35. The van der Waals surface area contributed by atoms with E-state index in [1.165, 1.54) is 17.9 Å². The highest BCUT2D eigenvalue weighted by Crippen LogP contribution is 2.20. The predicted octanol–water partition coefficient (Wildman–Crippen LogP) is 4.50. The van der Waals surface area contributed by atoms with Crippen LogP contribution in [0.5, 0.6) is 0 Å². The maximum atomic E-state index is 3.44. The summed E-state index contributed by atoms with van der Waals surface area (Å²) in [6.45, 7) is 0. The standard InChI is InChI=1S/C17H19/c1-2-5-10-16(11-6-3-1)14-9-15-17-12-7-4-8-13-17/h1-2,4,7-9,11-13H,3,5-6,10,15H2/b2-1-,14-9?. The van der Waals surface area contributed by atoms with Crippen LogP contribution in [0.3, 0.4) is 0 Å². The van der Waals surface area contributed by atoms with Crippen molar-refractivity contribution in [2.45, 2.75) is 32.1 Å². The van der Waals surface area contributed by atoms with Crippen LogP contribution in [0.15, 0.2) is 48.6 Å². The molecule has 0 amide bonds. The molecule has 0 fully saturated rings. The number of rotatable bonds is 3. The smallest absolute Gasteiger partial charge is 0.00867 e. The minimum Gasteiger partial charge on any atom is -0.0885 e. The second-order valence-electron chi connectivity index (χ2n) is 4.35. The minimum atomic E-state index is 0.980. The van der Waals surface area contributed by atoms with Gasteiger partial charge in [0.2, 0.25) is 0 Å². The van der Waals surface area contributed by atoms with Gasteiger partial charge < -0.3 is 0 Å². The predicted molar refractivity (Wildman–Crippen MR) is 73.1 cm³/mol. The summed E-state index contributed by atoms with van der Waals surface area (Å²) in [6, 6.07) is 10.5. The molecule has 0 atom stereocenters. The molecule has 0 N–H and O–H groups in total. The van der Waals surface area contributed by atoms with Crippen LogP contribution in [-0.2, 0) is 6.42 Å². The number of hydrogen-bond acceptors (Lipinski definition) is 0. The summed E-state index contributed by atoms with van der Waals surface area (Å²) in [5, 5.41) is 0. The van der Waals surface area contributed by atoms with Crippen LogP contribution in [0.4, 0.5) is 0 Å². The van der Waals surface area contributed by atoms with E-state index in [1.54, 1.807) is 0 Å². The first kappa shape index (κ1) is 12.2. The lowest BCUT2D eigenvalue weighted by molar-refractivity contribution is 0.813. The van der Waals surface area contributed by atoms with Gasteiger partial charge in [-0.05, 0) is 50.2 Å². The van der Waals surface area contributed by atoms with E-state index in [2.05, 4.69) is 61.1 Å². The van der Waals surface area contributed by atoms with Gasteiger partial charge in [0.05, 0.1) is 0 Å². The Morgan fingerprint density at radius 3 is 2.71 bits per heavy atom. The lowest BCUT2D eigenvalue weighted by Gasteiger charge is -2.11. The average molecular weight is 223 g/mol.